The minimum Gasteiger partial charge on any atom is -0.489 e. The highest BCUT2D eigenvalue weighted by molar-refractivity contribution is 5.95. The summed E-state index contributed by atoms with van der Waals surface area (Å²) in [4.78, 5) is 22.5. The fraction of sp³-hybridized carbons (Fsp3) is 0.188. The quantitative estimate of drug-likeness (QED) is 0.464. The molecule has 0 bridgehead atoms. The lowest BCUT2D eigenvalue weighted by molar-refractivity contribution is -0.385. The molecule has 0 atom stereocenters. The summed E-state index contributed by atoms with van der Waals surface area (Å²) in [6, 6.07) is 13.4. The summed E-state index contributed by atoms with van der Waals surface area (Å²) in [5, 5.41) is 11.1. The van der Waals surface area contributed by atoms with Gasteiger partial charge in [0.15, 0.2) is 0 Å². The summed E-state index contributed by atoms with van der Waals surface area (Å²) in [7, 11) is 0. The maximum absolute atomic E-state index is 12.0. The van der Waals surface area contributed by atoms with Crippen LogP contribution in [-0.2, 0) is 11.3 Å². The zero-order valence-electron chi connectivity index (χ0n) is 12.0. The van der Waals surface area contributed by atoms with Gasteiger partial charge in [-0.15, -0.1) is 0 Å². The first kappa shape index (κ1) is 15.5. The van der Waals surface area contributed by atoms with Gasteiger partial charge in [0.2, 0.25) is 0 Å². The highest BCUT2D eigenvalue weighted by Crippen LogP contribution is 2.24. The first-order chi connectivity index (χ1) is 10.6. The van der Waals surface area contributed by atoms with Crippen molar-refractivity contribution in [3.05, 3.63) is 69.8 Å². The van der Waals surface area contributed by atoms with E-state index in [0.29, 0.717) is 11.3 Å². The van der Waals surface area contributed by atoms with Crippen LogP contribution in [0.15, 0.2) is 48.5 Å². The van der Waals surface area contributed by atoms with Crippen LogP contribution in [0.5, 0.6) is 5.75 Å². The largest absolute Gasteiger partial charge is 0.489 e. The van der Waals surface area contributed by atoms with Crippen molar-refractivity contribution < 1.29 is 19.2 Å². The zero-order chi connectivity index (χ0) is 15.9. The molecule has 22 heavy (non-hydrogen) atoms. The number of nitrogens with zero attached hydrogens (tertiary/aromatic N) is 1. The molecule has 0 aliphatic rings. The molecule has 6 nitrogen and oxygen atoms in total. The Morgan fingerprint density at radius 3 is 2.50 bits per heavy atom. The minimum atomic E-state index is -0.721. The maximum Gasteiger partial charge on any atom is 0.345 e. The van der Waals surface area contributed by atoms with Crippen molar-refractivity contribution in [1.82, 2.24) is 0 Å². The number of nitro benzene ring substituents is 1. The molecule has 0 fully saturated rings. The molecular formula is C16H15NO5. The third-order valence-electron chi connectivity index (χ3n) is 2.94. The Hall–Kier alpha value is -2.89. The van der Waals surface area contributed by atoms with Gasteiger partial charge in [-0.1, -0.05) is 30.3 Å². The molecule has 0 saturated carbocycles. The van der Waals surface area contributed by atoms with Crippen LogP contribution < -0.4 is 4.74 Å². The monoisotopic (exact) mass is 301 g/mol. The van der Waals surface area contributed by atoms with Gasteiger partial charge in [0, 0.05) is 11.6 Å². The number of hydrogen-bond donors (Lipinski definition) is 0. The zero-order valence-corrected chi connectivity index (χ0v) is 12.0. The second kappa shape index (κ2) is 7.21. The summed E-state index contributed by atoms with van der Waals surface area (Å²) in [6.45, 7) is 1.83. The van der Waals surface area contributed by atoms with Gasteiger partial charge in [-0.2, -0.15) is 0 Å². The van der Waals surface area contributed by atoms with Gasteiger partial charge in [0.1, 0.15) is 17.9 Å². The predicted molar refractivity (Wildman–Crippen MR) is 79.8 cm³/mol. The minimum absolute atomic E-state index is 0.0415. The number of ether oxygens (including phenoxy) is 2. The standard InChI is InChI=1S/C16H15NO5/c1-2-21-16(18)15-12(7-6-10-14(15)17(19)20)11-22-13-8-4-3-5-9-13/h3-10H,2,11H2,1H3. The van der Waals surface area contributed by atoms with Crippen LogP contribution in [0.4, 0.5) is 5.69 Å². The van der Waals surface area contributed by atoms with E-state index < -0.39 is 10.9 Å². The number of esters is 1. The number of nitro groups is 1. The SMILES string of the molecule is CCOC(=O)c1c(COc2ccccc2)cccc1[N+](=O)[O-]. The lowest BCUT2D eigenvalue weighted by Crippen LogP contribution is -2.12. The van der Waals surface area contributed by atoms with Crippen molar-refractivity contribution in [1.29, 1.82) is 0 Å². The second-order valence-electron chi connectivity index (χ2n) is 4.39. The molecule has 0 amide bonds. The van der Waals surface area contributed by atoms with Gasteiger partial charge in [-0.05, 0) is 19.1 Å². The van der Waals surface area contributed by atoms with Gasteiger partial charge in [0.25, 0.3) is 5.69 Å². The average Bonchev–Trinajstić information content (AvgIpc) is 2.53. The molecule has 0 radical (unpaired) electrons. The molecule has 0 aliphatic carbocycles. The van der Waals surface area contributed by atoms with Crippen LogP contribution in [0.25, 0.3) is 0 Å². The Kier molecular flexibility index (Phi) is 5.08. The molecule has 0 spiro atoms. The van der Waals surface area contributed by atoms with Gasteiger partial charge in [-0.25, -0.2) is 4.79 Å². The summed E-state index contributed by atoms with van der Waals surface area (Å²) in [5.74, 6) is -0.106. The van der Waals surface area contributed by atoms with E-state index in [1.165, 1.54) is 12.1 Å². The van der Waals surface area contributed by atoms with Gasteiger partial charge in [0.05, 0.1) is 11.5 Å². The van der Waals surface area contributed by atoms with Crippen LogP contribution in [0.2, 0.25) is 0 Å². The molecule has 0 saturated heterocycles. The van der Waals surface area contributed by atoms with E-state index in [1.807, 2.05) is 18.2 Å². The Labute approximate surface area is 127 Å². The van der Waals surface area contributed by atoms with Crippen LogP contribution >= 0.6 is 0 Å². The summed E-state index contributed by atoms with van der Waals surface area (Å²) in [5.41, 5.74) is 0.0643. The number of carbonyl (C=O) groups is 1. The van der Waals surface area contributed by atoms with Crippen molar-refractivity contribution in [2.75, 3.05) is 6.61 Å². The van der Waals surface area contributed by atoms with Gasteiger partial charge >= 0.3 is 5.97 Å². The molecule has 0 aliphatic heterocycles. The molecule has 2 aromatic rings. The van der Waals surface area contributed by atoms with Gasteiger partial charge in [-0.3, -0.25) is 10.1 Å². The van der Waals surface area contributed by atoms with E-state index >= 15 is 0 Å². The van der Waals surface area contributed by atoms with Crippen molar-refractivity contribution in [2.24, 2.45) is 0 Å². The molecule has 0 N–H and O–H groups in total. The van der Waals surface area contributed by atoms with E-state index in [1.54, 1.807) is 25.1 Å². The number of hydrogen-bond acceptors (Lipinski definition) is 5. The average molecular weight is 301 g/mol. The fourth-order valence-electron chi connectivity index (χ4n) is 1.98. The Balaban J connectivity index is 2.31. The predicted octanol–water partition coefficient (Wildman–Crippen LogP) is 3.35. The van der Waals surface area contributed by atoms with Crippen molar-refractivity contribution in [3.63, 3.8) is 0 Å². The summed E-state index contributed by atoms with van der Waals surface area (Å²) in [6.07, 6.45) is 0. The molecule has 6 heteroatoms. The normalized spacial score (nSPS) is 10.0. The molecule has 2 aromatic carbocycles. The molecule has 2 rings (SSSR count). The first-order valence-electron chi connectivity index (χ1n) is 6.74. The van der Waals surface area contributed by atoms with Crippen LogP contribution in [0.1, 0.15) is 22.8 Å². The number of benzene rings is 2. The van der Waals surface area contributed by atoms with E-state index in [4.69, 9.17) is 9.47 Å². The number of carbonyl (C=O) groups excluding carboxylic acids is 1. The van der Waals surface area contributed by atoms with E-state index in [2.05, 4.69) is 0 Å². The topological polar surface area (TPSA) is 78.7 Å². The Morgan fingerprint density at radius 2 is 1.86 bits per heavy atom. The Morgan fingerprint density at radius 1 is 1.14 bits per heavy atom. The number of para-hydroxylation sites is 1. The highest BCUT2D eigenvalue weighted by atomic mass is 16.6. The summed E-state index contributed by atoms with van der Waals surface area (Å²) < 4.78 is 10.5. The second-order valence-corrected chi connectivity index (χ2v) is 4.39. The van der Waals surface area contributed by atoms with Crippen molar-refractivity contribution in [3.8, 4) is 5.75 Å². The lowest BCUT2D eigenvalue weighted by atomic mass is 10.1. The molecular weight excluding hydrogens is 286 g/mol. The van der Waals surface area contributed by atoms with Gasteiger partial charge < -0.3 is 9.47 Å². The fourth-order valence-corrected chi connectivity index (χ4v) is 1.98. The van der Waals surface area contributed by atoms with Crippen molar-refractivity contribution >= 4 is 11.7 Å². The molecule has 114 valence electrons. The Bertz CT molecular complexity index is 669. The molecule has 0 unspecified atom stereocenters. The van der Waals surface area contributed by atoms with Crippen molar-refractivity contribution in [2.45, 2.75) is 13.5 Å². The van der Waals surface area contributed by atoms with Crippen LogP contribution in [0.3, 0.4) is 0 Å². The highest BCUT2D eigenvalue weighted by Gasteiger charge is 2.25. The lowest BCUT2D eigenvalue weighted by Gasteiger charge is -2.10. The first-order valence-corrected chi connectivity index (χ1v) is 6.74. The number of rotatable bonds is 6. The smallest absolute Gasteiger partial charge is 0.345 e. The van der Waals surface area contributed by atoms with Crippen LogP contribution in [-0.4, -0.2) is 17.5 Å². The van der Waals surface area contributed by atoms with E-state index in [-0.39, 0.29) is 24.5 Å². The molecule has 0 heterocycles. The third-order valence-corrected chi connectivity index (χ3v) is 2.94. The maximum atomic E-state index is 12.0. The van der Waals surface area contributed by atoms with Crippen LogP contribution in [0, 0.1) is 10.1 Å². The van der Waals surface area contributed by atoms with E-state index in [0.717, 1.165) is 0 Å². The van der Waals surface area contributed by atoms with E-state index in [9.17, 15) is 14.9 Å². The summed E-state index contributed by atoms with van der Waals surface area (Å²) >= 11 is 0. The third kappa shape index (κ3) is 3.60. The molecule has 0 aromatic heterocycles.